The van der Waals surface area contributed by atoms with E-state index in [-0.39, 0.29) is 5.91 Å². The van der Waals surface area contributed by atoms with Gasteiger partial charge in [-0.2, -0.15) is 0 Å². The van der Waals surface area contributed by atoms with E-state index in [1.807, 2.05) is 18.2 Å². The summed E-state index contributed by atoms with van der Waals surface area (Å²) in [6.07, 6.45) is 4.62. The lowest BCUT2D eigenvalue weighted by Gasteiger charge is -2.31. The van der Waals surface area contributed by atoms with E-state index in [1.54, 1.807) is 6.07 Å². The summed E-state index contributed by atoms with van der Waals surface area (Å²) in [6, 6.07) is 7.30. The molecule has 1 amide bonds. The number of benzene rings is 1. The quantitative estimate of drug-likeness (QED) is 0.752. The highest BCUT2D eigenvalue weighted by atomic mass is 16.1. The molecule has 0 spiro atoms. The smallest absolute Gasteiger partial charge is 0.225 e. The predicted molar refractivity (Wildman–Crippen MR) is 83.6 cm³/mol. The van der Waals surface area contributed by atoms with E-state index in [2.05, 4.69) is 17.1 Å². The molecule has 3 N–H and O–H groups in total. The van der Waals surface area contributed by atoms with Gasteiger partial charge < -0.3 is 16.0 Å². The van der Waals surface area contributed by atoms with Crippen LogP contribution in [0.1, 0.15) is 32.6 Å². The average Bonchev–Trinajstić information content (AvgIpc) is 2.37. The fourth-order valence-electron chi connectivity index (χ4n) is 2.52. The molecule has 1 aromatic rings. The Balaban J connectivity index is 1.73. The maximum atomic E-state index is 11.9. The molecule has 110 valence electrons. The second kappa shape index (κ2) is 7.29. The van der Waals surface area contributed by atoms with E-state index in [1.165, 1.54) is 19.3 Å². The summed E-state index contributed by atoms with van der Waals surface area (Å²) in [5, 5.41) is 2.90. The van der Waals surface area contributed by atoms with Crippen molar-refractivity contribution in [3.05, 3.63) is 24.3 Å². The Labute approximate surface area is 121 Å². The molecule has 1 aliphatic carbocycles. The Bertz CT molecular complexity index is 443. The molecule has 20 heavy (non-hydrogen) atoms. The van der Waals surface area contributed by atoms with Crippen molar-refractivity contribution in [1.82, 2.24) is 4.90 Å². The lowest BCUT2D eigenvalue weighted by atomic mass is 9.85. The number of hydrogen-bond acceptors (Lipinski definition) is 3. The Morgan fingerprint density at radius 1 is 1.45 bits per heavy atom. The minimum absolute atomic E-state index is 0.0580. The van der Waals surface area contributed by atoms with Gasteiger partial charge in [0.1, 0.15) is 0 Å². The van der Waals surface area contributed by atoms with Crippen molar-refractivity contribution in [2.24, 2.45) is 5.92 Å². The van der Waals surface area contributed by atoms with Crippen molar-refractivity contribution in [3.8, 4) is 0 Å². The number of rotatable bonds is 7. The van der Waals surface area contributed by atoms with Crippen LogP contribution in [0.25, 0.3) is 0 Å². The van der Waals surface area contributed by atoms with Crippen LogP contribution in [0.5, 0.6) is 0 Å². The topological polar surface area (TPSA) is 58.4 Å². The van der Waals surface area contributed by atoms with E-state index in [9.17, 15) is 4.79 Å². The van der Waals surface area contributed by atoms with Gasteiger partial charge in [0, 0.05) is 30.9 Å². The summed E-state index contributed by atoms with van der Waals surface area (Å²) in [5.74, 6) is 0.912. The summed E-state index contributed by atoms with van der Waals surface area (Å²) in [7, 11) is 0. The third-order valence-corrected chi connectivity index (χ3v) is 4.01. The summed E-state index contributed by atoms with van der Waals surface area (Å²) in [4.78, 5) is 14.3. The molecule has 1 fully saturated rings. The fraction of sp³-hybridized carbons (Fsp3) is 0.562. The van der Waals surface area contributed by atoms with Gasteiger partial charge in [-0.15, -0.1) is 0 Å². The van der Waals surface area contributed by atoms with Crippen molar-refractivity contribution in [2.75, 3.05) is 30.7 Å². The van der Waals surface area contributed by atoms with Gasteiger partial charge >= 0.3 is 0 Å². The standard InChI is InChI=1S/C16H25N3O/c1-2-19(12-13-5-3-6-13)10-9-16(20)18-15-8-4-7-14(17)11-15/h4,7-8,11,13H,2-3,5-6,9-10,12,17H2,1H3,(H,18,20). The molecule has 0 heterocycles. The van der Waals surface area contributed by atoms with Crippen LogP contribution in [0, 0.1) is 5.92 Å². The predicted octanol–water partition coefficient (Wildman–Crippen LogP) is 2.72. The van der Waals surface area contributed by atoms with Crippen LogP contribution < -0.4 is 11.1 Å². The molecule has 1 aromatic carbocycles. The third kappa shape index (κ3) is 4.53. The van der Waals surface area contributed by atoms with E-state index in [4.69, 9.17) is 5.73 Å². The summed E-state index contributed by atoms with van der Waals surface area (Å²) in [6.45, 7) is 5.15. The zero-order valence-electron chi connectivity index (χ0n) is 12.3. The lowest BCUT2D eigenvalue weighted by Crippen LogP contribution is -2.34. The Morgan fingerprint density at radius 3 is 2.85 bits per heavy atom. The van der Waals surface area contributed by atoms with Crippen molar-refractivity contribution >= 4 is 17.3 Å². The molecule has 2 rings (SSSR count). The molecule has 1 aliphatic rings. The molecule has 4 heteroatoms. The van der Waals surface area contributed by atoms with E-state index >= 15 is 0 Å². The highest BCUT2D eigenvalue weighted by Gasteiger charge is 2.20. The van der Waals surface area contributed by atoms with Crippen molar-refractivity contribution in [1.29, 1.82) is 0 Å². The maximum Gasteiger partial charge on any atom is 0.225 e. The van der Waals surface area contributed by atoms with Gasteiger partial charge in [-0.25, -0.2) is 0 Å². The molecule has 0 bridgehead atoms. The van der Waals surface area contributed by atoms with Crippen LogP contribution in [0.2, 0.25) is 0 Å². The molecule has 1 saturated carbocycles. The van der Waals surface area contributed by atoms with Gasteiger partial charge in [0.05, 0.1) is 0 Å². The normalized spacial score (nSPS) is 15.1. The third-order valence-electron chi connectivity index (χ3n) is 4.01. The van der Waals surface area contributed by atoms with Crippen LogP contribution in [-0.4, -0.2) is 30.4 Å². The number of nitrogens with two attached hydrogens (primary N) is 1. The molecular weight excluding hydrogens is 250 g/mol. The highest BCUT2D eigenvalue weighted by Crippen LogP contribution is 2.27. The van der Waals surface area contributed by atoms with Crippen LogP contribution in [0.4, 0.5) is 11.4 Å². The van der Waals surface area contributed by atoms with Crippen molar-refractivity contribution < 1.29 is 4.79 Å². The number of carbonyl (C=O) groups is 1. The summed E-state index contributed by atoms with van der Waals surface area (Å²) in [5.41, 5.74) is 7.14. The molecule has 0 atom stereocenters. The average molecular weight is 275 g/mol. The highest BCUT2D eigenvalue weighted by molar-refractivity contribution is 5.91. The van der Waals surface area contributed by atoms with E-state index < -0.39 is 0 Å². The molecule has 0 saturated heterocycles. The molecule has 0 aliphatic heterocycles. The lowest BCUT2D eigenvalue weighted by molar-refractivity contribution is -0.116. The van der Waals surface area contributed by atoms with Crippen molar-refractivity contribution in [3.63, 3.8) is 0 Å². The zero-order valence-corrected chi connectivity index (χ0v) is 12.3. The fourth-order valence-corrected chi connectivity index (χ4v) is 2.52. The number of anilines is 2. The van der Waals surface area contributed by atoms with Gasteiger partial charge in [-0.05, 0) is 43.5 Å². The number of amides is 1. The van der Waals surface area contributed by atoms with Gasteiger partial charge in [-0.1, -0.05) is 19.4 Å². The number of nitrogen functional groups attached to an aromatic ring is 1. The number of carbonyl (C=O) groups excluding carboxylic acids is 1. The summed E-state index contributed by atoms with van der Waals surface area (Å²) < 4.78 is 0. The molecule has 4 nitrogen and oxygen atoms in total. The van der Waals surface area contributed by atoms with Crippen LogP contribution in [0.15, 0.2) is 24.3 Å². The minimum Gasteiger partial charge on any atom is -0.399 e. The van der Waals surface area contributed by atoms with Gasteiger partial charge in [-0.3, -0.25) is 4.79 Å². The molecule has 0 radical (unpaired) electrons. The van der Waals surface area contributed by atoms with Crippen LogP contribution in [0.3, 0.4) is 0 Å². The molecular formula is C16H25N3O. The van der Waals surface area contributed by atoms with Crippen LogP contribution >= 0.6 is 0 Å². The maximum absolute atomic E-state index is 11.9. The Kier molecular flexibility index (Phi) is 5.41. The second-order valence-corrected chi connectivity index (χ2v) is 5.61. The monoisotopic (exact) mass is 275 g/mol. The SMILES string of the molecule is CCN(CCC(=O)Nc1cccc(N)c1)CC1CCC1. The van der Waals surface area contributed by atoms with Crippen LogP contribution in [-0.2, 0) is 4.79 Å². The number of hydrogen-bond donors (Lipinski definition) is 2. The first-order chi connectivity index (χ1) is 9.67. The first kappa shape index (κ1) is 14.9. The summed E-state index contributed by atoms with van der Waals surface area (Å²) >= 11 is 0. The van der Waals surface area contributed by atoms with Crippen molar-refractivity contribution in [2.45, 2.75) is 32.6 Å². The largest absolute Gasteiger partial charge is 0.399 e. The Hall–Kier alpha value is -1.55. The molecule has 0 aromatic heterocycles. The molecule has 0 unspecified atom stereocenters. The minimum atomic E-state index is 0.0580. The van der Waals surface area contributed by atoms with E-state index in [0.717, 1.165) is 31.2 Å². The second-order valence-electron chi connectivity index (χ2n) is 5.61. The first-order valence-corrected chi connectivity index (χ1v) is 7.55. The van der Waals surface area contributed by atoms with Gasteiger partial charge in [0.15, 0.2) is 0 Å². The number of nitrogens with zero attached hydrogens (tertiary/aromatic N) is 1. The van der Waals surface area contributed by atoms with Gasteiger partial charge in [0.25, 0.3) is 0 Å². The zero-order chi connectivity index (χ0) is 14.4. The Morgan fingerprint density at radius 2 is 2.25 bits per heavy atom. The first-order valence-electron chi connectivity index (χ1n) is 7.55. The number of nitrogens with one attached hydrogen (secondary N) is 1. The van der Waals surface area contributed by atoms with E-state index in [0.29, 0.717) is 12.1 Å². The van der Waals surface area contributed by atoms with Gasteiger partial charge in [0.2, 0.25) is 5.91 Å².